The van der Waals surface area contributed by atoms with Gasteiger partial charge in [-0.1, -0.05) is 19.1 Å². The van der Waals surface area contributed by atoms with E-state index in [0.717, 1.165) is 34.4 Å². The smallest absolute Gasteiger partial charge is 0.227 e. The Morgan fingerprint density at radius 1 is 1.33 bits per heavy atom. The molecule has 1 atom stereocenters. The molecule has 3 rings (SSSR count). The van der Waals surface area contributed by atoms with Crippen molar-refractivity contribution in [1.29, 1.82) is 0 Å². The highest BCUT2D eigenvalue weighted by Crippen LogP contribution is 2.23. The number of fused-ring (bicyclic) bond motifs is 1. The van der Waals surface area contributed by atoms with Crippen LogP contribution in [-0.4, -0.2) is 32.8 Å². The van der Waals surface area contributed by atoms with E-state index >= 15 is 0 Å². The summed E-state index contributed by atoms with van der Waals surface area (Å²) < 4.78 is 0. The number of pyridine rings is 1. The number of rotatable bonds is 5. The number of likely N-dealkylation sites (N-methyl/N-ethyl adjacent to an activating group) is 1. The fourth-order valence-corrected chi connectivity index (χ4v) is 3.07. The van der Waals surface area contributed by atoms with Crippen LogP contribution in [0.2, 0.25) is 0 Å². The molecule has 0 aliphatic heterocycles. The van der Waals surface area contributed by atoms with Gasteiger partial charge in [-0.15, -0.1) is 0 Å². The van der Waals surface area contributed by atoms with E-state index in [1.165, 1.54) is 0 Å². The van der Waals surface area contributed by atoms with Gasteiger partial charge in [-0.2, -0.15) is 0 Å². The van der Waals surface area contributed by atoms with Gasteiger partial charge >= 0.3 is 0 Å². The normalized spacial score (nSPS) is 12.3. The van der Waals surface area contributed by atoms with Gasteiger partial charge in [0.25, 0.3) is 0 Å². The number of imidazole rings is 1. The molecular formula is C19H22N4O. The van der Waals surface area contributed by atoms with Crippen molar-refractivity contribution >= 4 is 16.9 Å². The van der Waals surface area contributed by atoms with Crippen molar-refractivity contribution in [1.82, 2.24) is 19.9 Å². The third-order valence-electron chi connectivity index (χ3n) is 4.34. The number of aryl methyl sites for hydroxylation is 1. The van der Waals surface area contributed by atoms with Crippen LogP contribution in [0.5, 0.6) is 0 Å². The molecule has 0 saturated heterocycles. The van der Waals surface area contributed by atoms with E-state index in [1.54, 1.807) is 6.20 Å². The van der Waals surface area contributed by atoms with Crippen LogP contribution in [-0.2, 0) is 11.2 Å². The van der Waals surface area contributed by atoms with E-state index < -0.39 is 0 Å². The Hall–Kier alpha value is -2.69. The van der Waals surface area contributed by atoms with Crippen LogP contribution >= 0.6 is 0 Å². The molecular weight excluding hydrogens is 300 g/mol. The summed E-state index contributed by atoms with van der Waals surface area (Å²) in [7, 11) is 1.86. The monoisotopic (exact) mass is 322 g/mol. The lowest BCUT2D eigenvalue weighted by atomic mass is 10.0. The Labute approximate surface area is 141 Å². The minimum absolute atomic E-state index is 0.0457. The fraction of sp³-hybridized carbons (Fsp3) is 0.316. The number of hydrogen-bond donors (Lipinski definition) is 1. The van der Waals surface area contributed by atoms with Gasteiger partial charge in [-0.05, 0) is 42.7 Å². The third-order valence-corrected chi connectivity index (χ3v) is 4.34. The first-order chi connectivity index (χ1) is 11.6. The average molecular weight is 322 g/mol. The molecule has 1 amide bonds. The number of hydrogen-bond acceptors (Lipinski definition) is 3. The highest BCUT2D eigenvalue weighted by molar-refractivity contribution is 5.82. The van der Waals surface area contributed by atoms with Crippen LogP contribution in [0.4, 0.5) is 0 Å². The van der Waals surface area contributed by atoms with Gasteiger partial charge in [0.1, 0.15) is 5.82 Å². The van der Waals surface area contributed by atoms with Crippen molar-refractivity contribution in [3.63, 3.8) is 0 Å². The third kappa shape index (κ3) is 3.30. The maximum Gasteiger partial charge on any atom is 0.227 e. The van der Waals surface area contributed by atoms with Crippen molar-refractivity contribution in [2.75, 3.05) is 7.05 Å². The standard InChI is InChI=1S/C19H22N4O/c1-4-18(15-6-5-9-20-12-15)23(3)19(24)11-14-7-8-16-17(10-14)22-13(2)21-16/h5-10,12,18H,4,11H2,1-3H3,(H,21,22)/t18-/m0/s1. The number of H-pyrrole nitrogens is 1. The molecule has 0 spiro atoms. The van der Waals surface area contributed by atoms with Gasteiger partial charge in [0.05, 0.1) is 23.5 Å². The second-order valence-corrected chi connectivity index (χ2v) is 6.07. The van der Waals surface area contributed by atoms with Crippen molar-refractivity contribution < 1.29 is 4.79 Å². The lowest BCUT2D eigenvalue weighted by molar-refractivity contribution is -0.131. The van der Waals surface area contributed by atoms with E-state index in [2.05, 4.69) is 21.9 Å². The maximum atomic E-state index is 12.7. The molecule has 0 radical (unpaired) electrons. The first-order valence-corrected chi connectivity index (χ1v) is 8.19. The number of nitrogens with one attached hydrogen (secondary N) is 1. The summed E-state index contributed by atoms with van der Waals surface area (Å²) in [4.78, 5) is 26.3. The average Bonchev–Trinajstić information content (AvgIpc) is 2.95. The quantitative estimate of drug-likeness (QED) is 0.783. The van der Waals surface area contributed by atoms with Gasteiger partial charge < -0.3 is 9.88 Å². The molecule has 24 heavy (non-hydrogen) atoms. The van der Waals surface area contributed by atoms with Crippen LogP contribution in [0, 0.1) is 6.92 Å². The fourth-order valence-electron chi connectivity index (χ4n) is 3.07. The number of aromatic nitrogens is 3. The molecule has 0 saturated carbocycles. The van der Waals surface area contributed by atoms with Gasteiger partial charge in [-0.25, -0.2) is 4.98 Å². The molecule has 3 aromatic rings. The molecule has 0 bridgehead atoms. The first-order valence-electron chi connectivity index (χ1n) is 8.19. The molecule has 124 valence electrons. The van der Waals surface area contributed by atoms with E-state index in [-0.39, 0.29) is 11.9 Å². The number of nitrogens with zero attached hydrogens (tertiary/aromatic N) is 3. The maximum absolute atomic E-state index is 12.7. The molecule has 5 heteroatoms. The zero-order valence-electron chi connectivity index (χ0n) is 14.3. The van der Waals surface area contributed by atoms with Crippen LogP contribution in [0.3, 0.4) is 0 Å². The SMILES string of the molecule is CC[C@@H](c1cccnc1)N(C)C(=O)Cc1ccc2nc(C)[nH]c2c1. The summed E-state index contributed by atoms with van der Waals surface area (Å²) in [5.41, 5.74) is 3.96. The van der Waals surface area contributed by atoms with Crippen LogP contribution in [0.1, 0.15) is 36.3 Å². The summed E-state index contributed by atoms with van der Waals surface area (Å²) >= 11 is 0. The highest BCUT2D eigenvalue weighted by Gasteiger charge is 2.20. The minimum atomic E-state index is 0.0457. The number of benzene rings is 1. The lowest BCUT2D eigenvalue weighted by Crippen LogP contribution is -2.32. The molecule has 1 aromatic carbocycles. The molecule has 5 nitrogen and oxygen atoms in total. The van der Waals surface area contributed by atoms with E-state index in [4.69, 9.17) is 0 Å². The van der Waals surface area contributed by atoms with E-state index in [9.17, 15) is 4.79 Å². The Morgan fingerprint density at radius 3 is 2.88 bits per heavy atom. The van der Waals surface area contributed by atoms with Crippen LogP contribution in [0.15, 0.2) is 42.7 Å². The largest absolute Gasteiger partial charge is 0.342 e. The molecule has 0 fully saturated rings. The van der Waals surface area contributed by atoms with Gasteiger partial charge in [-0.3, -0.25) is 9.78 Å². The van der Waals surface area contributed by atoms with Crippen molar-refractivity contribution in [3.05, 3.63) is 59.7 Å². The van der Waals surface area contributed by atoms with Crippen molar-refractivity contribution in [3.8, 4) is 0 Å². The predicted octanol–water partition coefficient (Wildman–Crippen LogP) is 3.42. The van der Waals surface area contributed by atoms with Crippen molar-refractivity contribution in [2.24, 2.45) is 0 Å². The van der Waals surface area contributed by atoms with Crippen molar-refractivity contribution in [2.45, 2.75) is 32.7 Å². The summed E-state index contributed by atoms with van der Waals surface area (Å²) in [6.45, 7) is 4.01. The predicted molar refractivity (Wildman–Crippen MR) is 94.6 cm³/mol. The number of amides is 1. The zero-order chi connectivity index (χ0) is 17.1. The summed E-state index contributed by atoms with van der Waals surface area (Å²) in [5, 5.41) is 0. The second kappa shape index (κ2) is 6.83. The number of aromatic amines is 1. The molecule has 1 N–H and O–H groups in total. The lowest BCUT2D eigenvalue weighted by Gasteiger charge is -2.27. The van der Waals surface area contributed by atoms with Crippen LogP contribution in [0.25, 0.3) is 11.0 Å². The summed E-state index contributed by atoms with van der Waals surface area (Å²) in [6, 6.07) is 9.91. The summed E-state index contributed by atoms with van der Waals surface area (Å²) in [5.74, 6) is 0.981. The zero-order valence-corrected chi connectivity index (χ0v) is 14.3. The number of carbonyl (C=O) groups is 1. The van der Waals surface area contributed by atoms with Crippen LogP contribution < -0.4 is 0 Å². The van der Waals surface area contributed by atoms with Gasteiger partial charge in [0.15, 0.2) is 0 Å². The Kier molecular flexibility index (Phi) is 4.60. The van der Waals surface area contributed by atoms with E-state index in [0.29, 0.717) is 6.42 Å². The molecule has 2 heterocycles. The second-order valence-electron chi connectivity index (χ2n) is 6.07. The Morgan fingerprint density at radius 2 is 2.17 bits per heavy atom. The molecule has 0 unspecified atom stereocenters. The number of carbonyl (C=O) groups excluding carboxylic acids is 1. The Bertz CT molecular complexity index is 841. The van der Waals surface area contributed by atoms with E-state index in [1.807, 2.05) is 55.4 Å². The topological polar surface area (TPSA) is 61.9 Å². The van der Waals surface area contributed by atoms with Gasteiger partial charge in [0.2, 0.25) is 5.91 Å². The first kappa shape index (κ1) is 16.2. The minimum Gasteiger partial charge on any atom is -0.342 e. The highest BCUT2D eigenvalue weighted by atomic mass is 16.2. The van der Waals surface area contributed by atoms with Gasteiger partial charge in [0, 0.05) is 19.4 Å². The molecule has 2 aromatic heterocycles. The summed E-state index contributed by atoms with van der Waals surface area (Å²) in [6.07, 6.45) is 4.81. The Balaban J connectivity index is 1.76. The molecule has 0 aliphatic carbocycles. The molecule has 0 aliphatic rings.